The van der Waals surface area contributed by atoms with Crippen molar-refractivity contribution in [1.29, 1.82) is 0 Å². The Morgan fingerprint density at radius 3 is 2.65 bits per heavy atom. The first-order valence-electron chi connectivity index (χ1n) is 7.76. The number of nitrogens with one attached hydrogen (secondary N) is 1. The van der Waals surface area contributed by atoms with E-state index in [0.29, 0.717) is 17.7 Å². The topological polar surface area (TPSA) is 63.1 Å². The van der Waals surface area contributed by atoms with Gasteiger partial charge in [0.1, 0.15) is 5.75 Å². The van der Waals surface area contributed by atoms with Gasteiger partial charge in [0.05, 0.1) is 7.11 Å². The van der Waals surface area contributed by atoms with Crippen molar-refractivity contribution in [2.24, 2.45) is 0 Å². The molecule has 1 amide bonds. The van der Waals surface area contributed by atoms with Crippen molar-refractivity contribution in [2.75, 3.05) is 20.2 Å². The van der Waals surface area contributed by atoms with Gasteiger partial charge in [-0.25, -0.2) is 0 Å². The van der Waals surface area contributed by atoms with Crippen LogP contribution in [0.4, 0.5) is 0 Å². The van der Waals surface area contributed by atoms with Crippen LogP contribution in [0.15, 0.2) is 24.3 Å². The third kappa shape index (κ3) is 3.44. The molecule has 1 aromatic carbocycles. The number of aromatic nitrogens is 3. The molecule has 6 nitrogen and oxygen atoms in total. The molecule has 3 rings (SSSR count). The molecule has 2 aromatic rings. The molecule has 2 heterocycles. The minimum atomic E-state index is 0.186. The highest BCUT2D eigenvalue weighted by atomic mass is 32.1. The number of hydrogen-bond acceptors (Lipinski definition) is 4. The summed E-state index contributed by atoms with van der Waals surface area (Å²) in [7, 11) is 1.63. The van der Waals surface area contributed by atoms with Gasteiger partial charge in [0, 0.05) is 31.6 Å². The van der Waals surface area contributed by atoms with E-state index in [0.717, 1.165) is 43.1 Å². The van der Waals surface area contributed by atoms with Crippen LogP contribution < -0.4 is 4.74 Å². The predicted molar refractivity (Wildman–Crippen MR) is 89.8 cm³/mol. The molecule has 0 aliphatic carbocycles. The summed E-state index contributed by atoms with van der Waals surface area (Å²) in [6.07, 6.45) is 2.65. The van der Waals surface area contributed by atoms with Gasteiger partial charge in [-0.05, 0) is 49.3 Å². The van der Waals surface area contributed by atoms with Crippen LogP contribution in [0.1, 0.15) is 19.3 Å². The van der Waals surface area contributed by atoms with Crippen LogP contribution >= 0.6 is 12.2 Å². The quantitative estimate of drug-likeness (QED) is 0.855. The van der Waals surface area contributed by atoms with Crippen molar-refractivity contribution in [1.82, 2.24) is 19.7 Å². The Hall–Kier alpha value is -2.15. The molecule has 0 spiro atoms. The van der Waals surface area contributed by atoms with Crippen molar-refractivity contribution < 1.29 is 9.53 Å². The second-order valence-corrected chi connectivity index (χ2v) is 5.96. The van der Waals surface area contributed by atoms with Gasteiger partial charge in [0.15, 0.2) is 10.6 Å². The van der Waals surface area contributed by atoms with E-state index in [2.05, 4.69) is 10.2 Å². The maximum absolute atomic E-state index is 12.2. The molecule has 1 N–H and O–H groups in total. The van der Waals surface area contributed by atoms with E-state index in [-0.39, 0.29) is 5.91 Å². The third-order valence-electron chi connectivity index (χ3n) is 4.11. The molecule has 1 saturated heterocycles. The molecule has 0 radical (unpaired) electrons. The summed E-state index contributed by atoms with van der Waals surface area (Å²) in [6.45, 7) is 2.29. The highest BCUT2D eigenvalue weighted by Gasteiger charge is 2.18. The summed E-state index contributed by atoms with van der Waals surface area (Å²) in [5.41, 5.74) is 0.937. The number of aromatic amines is 1. The average molecular weight is 332 g/mol. The lowest BCUT2D eigenvalue weighted by molar-refractivity contribution is -0.130. The second kappa shape index (κ2) is 6.95. The standard InChI is InChI=1S/C16H20N4O2S/c1-22-13-6-4-12(5-7-13)15-17-18-16(23)20(15)11-8-14(21)19-9-2-3-10-19/h4-7H,2-3,8-11H2,1H3,(H,18,23). The van der Waals surface area contributed by atoms with Gasteiger partial charge < -0.3 is 9.64 Å². The summed E-state index contributed by atoms with van der Waals surface area (Å²) in [4.78, 5) is 14.1. The molecule has 1 aliphatic rings. The van der Waals surface area contributed by atoms with E-state index < -0.39 is 0 Å². The number of carbonyl (C=O) groups is 1. The van der Waals surface area contributed by atoms with Crippen LogP contribution in [0.25, 0.3) is 11.4 Å². The Morgan fingerprint density at radius 1 is 1.30 bits per heavy atom. The Labute approximate surface area is 140 Å². The zero-order chi connectivity index (χ0) is 16.2. The van der Waals surface area contributed by atoms with Crippen molar-refractivity contribution >= 4 is 18.1 Å². The average Bonchev–Trinajstić information content (AvgIpc) is 3.23. The van der Waals surface area contributed by atoms with E-state index in [4.69, 9.17) is 17.0 Å². The van der Waals surface area contributed by atoms with Gasteiger partial charge in [-0.2, -0.15) is 5.10 Å². The van der Waals surface area contributed by atoms with Crippen LogP contribution in [0, 0.1) is 4.77 Å². The fourth-order valence-electron chi connectivity index (χ4n) is 2.82. The van der Waals surface area contributed by atoms with Gasteiger partial charge in [-0.3, -0.25) is 14.5 Å². The van der Waals surface area contributed by atoms with Crippen LogP contribution in [0.3, 0.4) is 0 Å². The number of ether oxygens (including phenoxy) is 1. The smallest absolute Gasteiger partial charge is 0.224 e. The zero-order valence-electron chi connectivity index (χ0n) is 13.1. The Bertz CT molecular complexity index is 729. The first kappa shape index (κ1) is 15.7. The normalized spacial score (nSPS) is 14.2. The number of amides is 1. The van der Waals surface area contributed by atoms with Crippen LogP contribution in [0.2, 0.25) is 0 Å². The van der Waals surface area contributed by atoms with Crippen molar-refractivity contribution in [2.45, 2.75) is 25.8 Å². The first-order valence-corrected chi connectivity index (χ1v) is 8.17. The summed E-state index contributed by atoms with van der Waals surface area (Å²) < 4.78 is 7.58. The lowest BCUT2D eigenvalue weighted by Crippen LogP contribution is -2.28. The molecule has 122 valence electrons. The third-order valence-corrected chi connectivity index (χ3v) is 4.43. The molecular formula is C16H20N4O2S. The molecule has 0 saturated carbocycles. The Balaban J connectivity index is 1.75. The van der Waals surface area contributed by atoms with E-state index in [1.807, 2.05) is 33.7 Å². The van der Waals surface area contributed by atoms with E-state index in [9.17, 15) is 4.79 Å². The zero-order valence-corrected chi connectivity index (χ0v) is 13.9. The van der Waals surface area contributed by atoms with Crippen molar-refractivity contribution in [3.05, 3.63) is 29.0 Å². The molecule has 0 atom stereocenters. The second-order valence-electron chi connectivity index (χ2n) is 5.57. The Morgan fingerprint density at radius 2 is 2.00 bits per heavy atom. The molecule has 7 heteroatoms. The number of nitrogens with zero attached hydrogens (tertiary/aromatic N) is 3. The highest BCUT2D eigenvalue weighted by molar-refractivity contribution is 7.71. The largest absolute Gasteiger partial charge is 0.497 e. The van der Waals surface area contributed by atoms with Crippen molar-refractivity contribution in [3.63, 3.8) is 0 Å². The number of benzene rings is 1. The number of methoxy groups -OCH3 is 1. The maximum atomic E-state index is 12.2. The number of carbonyl (C=O) groups excluding carboxylic acids is 1. The van der Waals surface area contributed by atoms with Gasteiger partial charge in [0.2, 0.25) is 5.91 Å². The fourth-order valence-corrected chi connectivity index (χ4v) is 3.04. The van der Waals surface area contributed by atoms with Gasteiger partial charge in [-0.15, -0.1) is 0 Å². The summed E-state index contributed by atoms with van der Waals surface area (Å²) in [6, 6.07) is 7.63. The van der Waals surface area contributed by atoms with Crippen LogP contribution in [-0.4, -0.2) is 45.8 Å². The molecule has 1 aliphatic heterocycles. The lowest BCUT2D eigenvalue weighted by atomic mass is 10.2. The summed E-state index contributed by atoms with van der Waals surface area (Å²) in [5, 5.41) is 7.11. The number of hydrogen-bond donors (Lipinski definition) is 1. The molecule has 1 aromatic heterocycles. The van der Waals surface area contributed by atoms with Gasteiger partial charge in [-0.1, -0.05) is 0 Å². The van der Waals surface area contributed by atoms with Gasteiger partial charge in [0.25, 0.3) is 0 Å². The van der Waals surface area contributed by atoms with Crippen LogP contribution in [0.5, 0.6) is 5.75 Å². The SMILES string of the molecule is COc1ccc(-c2n[nH]c(=S)n2CCC(=O)N2CCCC2)cc1. The van der Waals surface area contributed by atoms with E-state index in [1.165, 1.54) is 0 Å². The summed E-state index contributed by atoms with van der Waals surface area (Å²) >= 11 is 5.30. The molecule has 23 heavy (non-hydrogen) atoms. The van der Waals surface area contributed by atoms with Gasteiger partial charge >= 0.3 is 0 Å². The molecule has 0 bridgehead atoms. The number of likely N-dealkylation sites (tertiary alicyclic amines) is 1. The van der Waals surface area contributed by atoms with E-state index >= 15 is 0 Å². The van der Waals surface area contributed by atoms with Crippen molar-refractivity contribution in [3.8, 4) is 17.1 Å². The molecule has 0 unspecified atom stereocenters. The van der Waals surface area contributed by atoms with E-state index in [1.54, 1.807) is 7.11 Å². The lowest BCUT2D eigenvalue weighted by Gasteiger charge is -2.15. The highest BCUT2D eigenvalue weighted by Crippen LogP contribution is 2.21. The maximum Gasteiger partial charge on any atom is 0.224 e. The fraction of sp³-hybridized carbons (Fsp3) is 0.438. The molecular weight excluding hydrogens is 312 g/mol. The minimum Gasteiger partial charge on any atom is -0.497 e. The predicted octanol–water partition coefficient (Wildman–Crippen LogP) is 2.63. The Kier molecular flexibility index (Phi) is 4.76. The number of rotatable bonds is 5. The monoisotopic (exact) mass is 332 g/mol. The summed E-state index contributed by atoms with van der Waals surface area (Å²) in [5.74, 6) is 1.72. The molecule has 1 fully saturated rings. The number of H-pyrrole nitrogens is 1. The minimum absolute atomic E-state index is 0.186. The van der Waals surface area contributed by atoms with Crippen LogP contribution in [-0.2, 0) is 11.3 Å². The first-order chi connectivity index (χ1) is 11.2.